The monoisotopic (exact) mass is 379 g/mol. The molecule has 1 N–H and O–H groups in total. The van der Waals surface area contributed by atoms with Crippen LogP contribution in [0.3, 0.4) is 0 Å². The number of nitriles is 1. The molecule has 0 amide bonds. The Morgan fingerprint density at radius 1 is 1.25 bits per heavy atom. The molecule has 1 fully saturated rings. The quantitative estimate of drug-likeness (QED) is 0.797. The first kappa shape index (κ1) is 20.3. The first-order chi connectivity index (χ1) is 13.4. The van der Waals surface area contributed by atoms with E-state index in [0.717, 1.165) is 38.0 Å². The van der Waals surface area contributed by atoms with E-state index in [2.05, 4.69) is 29.8 Å². The molecule has 0 unspecified atom stereocenters. The minimum absolute atomic E-state index is 0.107. The summed E-state index contributed by atoms with van der Waals surface area (Å²) in [6.45, 7) is 6.32. The second kappa shape index (κ2) is 8.30. The molecule has 1 aliphatic rings. The van der Waals surface area contributed by atoms with Gasteiger partial charge in [-0.1, -0.05) is 18.2 Å². The Hall–Kier alpha value is -2.42. The van der Waals surface area contributed by atoms with Gasteiger partial charge in [0.2, 0.25) is 5.88 Å². The first-order valence-corrected chi connectivity index (χ1v) is 9.79. The summed E-state index contributed by atoms with van der Waals surface area (Å²) in [6.07, 6.45) is 2.79. The Bertz CT molecular complexity index is 842. The van der Waals surface area contributed by atoms with Crippen LogP contribution in [0.5, 0.6) is 5.88 Å². The normalized spacial score (nSPS) is 20.1. The van der Waals surface area contributed by atoms with Gasteiger partial charge in [0.1, 0.15) is 0 Å². The van der Waals surface area contributed by atoms with Crippen LogP contribution in [-0.2, 0) is 12.0 Å². The Balaban J connectivity index is 1.70. The molecular weight excluding hydrogens is 350 g/mol. The highest BCUT2D eigenvalue weighted by Crippen LogP contribution is 2.41. The minimum Gasteiger partial charge on any atom is -0.481 e. The van der Waals surface area contributed by atoms with E-state index in [1.807, 2.05) is 42.5 Å². The number of nitrogens with zero attached hydrogens (tertiary/aromatic N) is 3. The van der Waals surface area contributed by atoms with E-state index in [-0.39, 0.29) is 17.6 Å². The number of likely N-dealkylation sites (tertiary alicyclic amines) is 1. The SMILES string of the molecule is COc1cccc(C(C)(C)N2CC[C@](CO)(CCc3ccc(C#N)cc3)C2)n1. The van der Waals surface area contributed by atoms with Gasteiger partial charge in [0.25, 0.3) is 0 Å². The zero-order valence-corrected chi connectivity index (χ0v) is 17.0. The maximum absolute atomic E-state index is 10.2. The number of aliphatic hydroxyl groups is 1. The summed E-state index contributed by atoms with van der Waals surface area (Å²) in [7, 11) is 1.63. The van der Waals surface area contributed by atoms with Gasteiger partial charge in [0.15, 0.2) is 0 Å². The van der Waals surface area contributed by atoms with Crippen LogP contribution in [0.2, 0.25) is 0 Å². The third kappa shape index (κ3) is 4.19. The number of benzene rings is 1. The molecule has 2 aromatic rings. The highest BCUT2D eigenvalue weighted by Gasteiger charge is 2.43. The number of hydrogen-bond acceptors (Lipinski definition) is 5. The molecule has 5 heteroatoms. The highest BCUT2D eigenvalue weighted by molar-refractivity contribution is 5.31. The standard InChI is InChI=1S/C23H29N3O2/c1-22(2,20-5-4-6-21(25-20)28-3)26-14-13-23(16-26,17-27)12-11-18-7-9-19(15-24)10-8-18/h4-10,27H,11-14,16-17H2,1-3H3/t23-/m1/s1. The molecule has 0 bridgehead atoms. The predicted molar refractivity (Wildman–Crippen MR) is 109 cm³/mol. The molecule has 28 heavy (non-hydrogen) atoms. The lowest BCUT2D eigenvalue weighted by molar-refractivity contribution is 0.0851. The number of aryl methyl sites for hydroxylation is 1. The molecule has 148 valence electrons. The minimum atomic E-state index is -0.236. The van der Waals surface area contributed by atoms with Gasteiger partial charge in [-0.3, -0.25) is 4.90 Å². The van der Waals surface area contributed by atoms with Crippen molar-refractivity contribution < 1.29 is 9.84 Å². The molecule has 3 rings (SSSR count). The first-order valence-electron chi connectivity index (χ1n) is 9.79. The summed E-state index contributed by atoms with van der Waals surface area (Å²) < 4.78 is 5.29. The number of rotatable bonds is 7. The smallest absolute Gasteiger partial charge is 0.213 e. The van der Waals surface area contributed by atoms with E-state index in [1.54, 1.807) is 7.11 Å². The predicted octanol–water partition coefficient (Wildman–Crippen LogP) is 3.51. The fourth-order valence-electron chi connectivity index (χ4n) is 4.01. The van der Waals surface area contributed by atoms with E-state index >= 15 is 0 Å². The van der Waals surface area contributed by atoms with Crippen molar-refractivity contribution in [3.63, 3.8) is 0 Å². The Morgan fingerprint density at radius 3 is 2.64 bits per heavy atom. The summed E-state index contributed by atoms with van der Waals surface area (Å²) >= 11 is 0. The van der Waals surface area contributed by atoms with Gasteiger partial charge in [0, 0.05) is 24.6 Å². The fourth-order valence-corrected chi connectivity index (χ4v) is 4.01. The molecule has 5 nitrogen and oxygen atoms in total. The molecule has 0 aliphatic carbocycles. The molecular formula is C23H29N3O2. The molecule has 2 heterocycles. The number of methoxy groups -OCH3 is 1. The summed E-state index contributed by atoms with van der Waals surface area (Å²) in [6, 6.07) is 15.8. The van der Waals surface area contributed by atoms with E-state index in [1.165, 1.54) is 5.56 Å². The van der Waals surface area contributed by atoms with Crippen LogP contribution >= 0.6 is 0 Å². The van der Waals surface area contributed by atoms with Gasteiger partial charge in [-0.05, 0) is 63.4 Å². The zero-order valence-electron chi connectivity index (χ0n) is 17.0. The average Bonchev–Trinajstić information content (AvgIpc) is 3.18. The van der Waals surface area contributed by atoms with Gasteiger partial charge in [-0.2, -0.15) is 5.26 Å². The third-order valence-electron chi connectivity index (χ3n) is 6.15. The molecule has 1 atom stereocenters. The third-order valence-corrected chi connectivity index (χ3v) is 6.15. The number of hydrogen-bond donors (Lipinski definition) is 1. The second-order valence-corrected chi connectivity index (χ2v) is 8.26. The van der Waals surface area contributed by atoms with Crippen molar-refractivity contribution in [2.45, 2.75) is 38.6 Å². The number of aromatic nitrogens is 1. The van der Waals surface area contributed by atoms with Crippen molar-refractivity contribution in [2.75, 3.05) is 26.8 Å². The average molecular weight is 380 g/mol. The van der Waals surface area contributed by atoms with Crippen LogP contribution in [0, 0.1) is 16.7 Å². The van der Waals surface area contributed by atoms with E-state index in [4.69, 9.17) is 10.00 Å². The highest BCUT2D eigenvalue weighted by atomic mass is 16.5. The van der Waals surface area contributed by atoms with E-state index in [0.29, 0.717) is 11.4 Å². The Morgan fingerprint density at radius 2 is 2.00 bits per heavy atom. The number of pyridine rings is 1. The fraction of sp³-hybridized carbons (Fsp3) is 0.478. The summed E-state index contributed by atoms with van der Waals surface area (Å²) in [5, 5.41) is 19.1. The lowest BCUT2D eigenvalue weighted by Crippen LogP contribution is -2.42. The van der Waals surface area contributed by atoms with Gasteiger partial charge < -0.3 is 9.84 Å². The van der Waals surface area contributed by atoms with Crippen molar-refractivity contribution in [2.24, 2.45) is 5.41 Å². The maximum atomic E-state index is 10.2. The number of aliphatic hydroxyl groups excluding tert-OH is 1. The molecule has 1 aromatic heterocycles. The molecule has 0 radical (unpaired) electrons. The van der Waals surface area contributed by atoms with E-state index in [9.17, 15) is 5.11 Å². The van der Waals surface area contributed by atoms with Crippen LogP contribution < -0.4 is 4.74 Å². The van der Waals surface area contributed by atoms with Gasteiger partial charge in [-0.15, -0.1) is 0 Å². The Kier molecular flexibility index (Phi) is 6.02. The van der Waals surface area contributed by atoms with E-state index < -0.39 is 0 Å². The van der Waals surface area contributed by atoms with Gasteiger partial charge >= 0.3 is 0 Å². The van der Waals surface area contributed by atoms with Crippen molar-refractivity contribution in [3.05, 3.63) is 59.3 Å². The molecule has 1 aromatic carbocycles. The topological polar surface area (TPSA) is 69.4 Å². The Labute approximate surface area is 167 Å². The summed E-state index contributed by atoms with van der Waals surface area (Å²) in [5.41, 5.74) is 2.52. The van der Waals surface area contributed by atoms with Crippen LogP contribution in [0.15, 0.2) is 42.5 Å². The van der Waals surface area contributed by atoms with Crippen molar-refractivity contribution in [1.82, 2.24) is 9.88 Å². The van der Waals surface area contributed by atoms with Crippen molar-refractivity contribution >= 4 is 0 Å². The van der Waals surface area contributed by atoms with Crippen molar-refractivity contribution in [3.8, 4) is 11.9 Å². The van der Waals surface area contributed by atoms with Crippen molar-refractivity contribution in [1.29, 1.82) is 5.26 Å². The second-order valence-electron chi connectivity index (χ2n) is 8.26. The zero-order chi connectivity index (χ0) is 20.2. The lowest BCUT2D eigenvalue weighted by atomic mass is 9.82. The van der Waals surface area contributed by atoms with Gasteiger partial charge in [-0.25, -0.2) is 4.98 Å². The number of ether oxygens (including phenoxy) is 1. The lowest BCUT2D eigenvalue weighted by Gasteiger charge is -2.37. The summed E-state index contributed by atoms with van der Waals surface area (Å²) in [5.74, 6) is 0.624. The van der Waals surface area contributed by atoms with Crippen LogP contribution in [0.1, 0.15) is 43.5 Å². The molecule has 1 aliphatic heterocycles. The van der Waals surface area contributed by atoms with Crippen LogP contribution in [0.4, 0.5) is 0 Å². The molecule has 0 saturated carbocycles. The van der Waals surface area contributed by atoms with Gasteiger partial charge in [0.05, 0.1) is 30.0 Å². The maximum Gasteiger partial charge on any atom is 0.213 e. The van der Waals surface area contributed by atoms with Crippen LogP contribution in [0.25, 0.3) is 0 Å². The molecule has 1 saturated heterocycles. The summed E-state index contributed by atoms with van der Waals surface area (Å²) in [4.78, 5) is 7.06. The largest absolute Gasteiger partial charge is 0.481 e. The van der Waals surface area contributed by atoms with Crippen LogP contribution in [-0.4, -0.2) is 41.8 Å². The molecule has 0 spiro atoms.